The molecule has 20 heavy (non-hydrogen) atoms. The summed E-state index contributed by atoms with van der Waals surface area (Å²) in [7, 11) is -3.39. The lowest BCUT2D eigenvalue weighted by atomic mass is 10.0. The first-order valence-electron chi connectivity index (χ1n) is 7.31. The van der Waals surface area contributed by atoms with Gasteiger partial charge in [0.2, 0.25) is 10.0 Å². The summed E-state index contributed by atoms with van der Waals surface area (Å²) < 4.78 is 29.2. The number of alkyl halides is 1. The third-order valence-corrected chi connectivity index (χ3v) is 6.28. The average molecular weight is 319 g/mol. The number of nitrogens with zero attached hydrogens (tertiary/aromatic N) is 2. The molecule has 1 aromatic rings. The fraction of sp³-hybridized carbons (Fsp3) is 0.714. The quantitative estimate of drug-likeness (QED) is 0.782. The smallest absolute Gasteiger partial charge is 0.244 e. The van der Waals surface area contributed by atoms with E-state index in [1.165, 1.54) is 0 Å². The summed E-state index contributed by atoms with van der Waals surface area (Å²) in [4.78, 5) is 0.385. The lowest BCUT2D eigenvalue weighted by Gasteiger charge is -2.33. The van der Waals surface area contributed by atoms with Gasteiger partial charge in [-0.05, 0) is 32.3 Å². The highest BCUT2D eigenvalue weighted by Gasteiger charge is 2.33. The number of sulfonamides is 1. The minimum Gasteiger partial charge on any atom is -0.349 e. The Kier molecular flexibility index (Phi) is 5.15. The molecule has 2 heterocycles. The summed E-state index contributed by atoms with van der Waals surface area (Å²) in [6.45, 7) is 5.41. The van der Waals surface area contributed by atoms with Crippen LogP contribution in [0.2, 0.25) is 0 Å². The van der Waals surface area contributed by atoms with Gasteiger partial charge in [0.1, 0.15) is 4.90 Å². The maximum Gasteiger partial charge on any atom is 0.244 e. The molecular formula is C14H23ClN2O2S. The van der Waals surface area contributed by atoms with Gasteiger partial charge >= 0.3 is 0 Å². The van der Waals surface area contributed by atoms with Crippen LogP contribution in [0.15, 0.2) is 17.2 Å². The molecule has 1 aliphatic rings. The van der Waals surface area contributed by atoms with Crippen LogP contribution in [0.5, 0.6) is 0 Å². The van der Waals surface area contributed by atoms with Crippen molar-refractivity contribution < 1.29 is 8.42 Å². The Morgan fingerprint density at radius 2 is 2.10 bits per heavy atom. The number of piperidine rings is 1. The molecule has 1 saturated heterocycles. The summed E-state index contributed by atoms with van der Waals surface area (Å²) in [5, 5.41) is 0. The first-order chi connectivity index (χ1) is 9.54. The van der Waals surface area contributed by atoms with Gasteiger partial charge in [0.25, 0.3) is 0 Å². The van der Waals surface area contributed by atoms with Crippen LogP contribution in [0.3, 0.4) is 0 Å². The Labute approximate surface area is 126 Å². The normalized spacial score (nSPS) is 21.2. The van der Waals surface area contributed by atoms with E-state index >= 15 is 0 Å². The minimum absolute atomic E-state index is 0.137. The highest BCUT2D eigenvalue weighted by molar-refractivity contribution is 7.89. The number of halogens is 1. The van der Waals surface area contributed by atoms with Gasteiger partial charge in [-0.1, -0.05) is 13.3 Å². The zero-order chi connectivity index (χ0) is 14.8. The van der Waals surface area contributed by atoms with Crippen molar-refractivity contribution in [2.45, 2.75) is 62.9 Å². The molecule has 0 aromatic carbocycles. The van der Waals surface area contributed by atoms with E-state index < -0.39 is 10.0 Å². The number of aromatic nitrogens is 1. The van der Waals surface area contributed by atoms with Crippen LogP contribution in [-0.2, 0) is 22.4 Å². The summed E-state index contributed by atoms with van der Waals surface area (Å²) in [6.07, 6.45) is 5.62. The number of hydrogen-bond donors (Lipinski definition) is 0. The van der Waals surface area contributed by atoms with Gasteiger partial charge in [0.15, 0.2) is 0 Å². The Bertz CT molecular complexity index is 532. The predicted octanol–water partition coefficient (Wildman–Crippen LogP) is 3.20. The van der Waals surface area contributed by atoms with Crippen LogP contribution >= 0.6 is 11.6 Å². The summed E-state index contributed by atoms with van der Waals surface area (Å²) in [5.74, 6) is 0.334. The van der Waals surface area contributed by atoms with Crippen LogP contribution in [0, 0.1) is 0 Å². The summed E-state index contributed by atoms with van der Waals surface area (Å²) in [6, 6.07) is 1.85. The van der Waals surface area contributed by atoms with Crippen molar-refractivity contribution >= 4 is 21.6 Å². The second kappa shape index (κ2) is 6.50. The second-order valence-corrected chi connectivity index (χ2v) is 7.42. The predicted molar refractivity (Wildman–Crippen MR) is 81.5 cm³/mol. The maximum atomic E-state index is 12.8. The third-order valence-electron chi connectivity index (χ3n) is 4.09. The third kappa shape index (κ3) is 2.90. The molecule has 1 unspecified atom stereocenters. The van der Waals surface area contributed by atoms with Gasteiger partial charge in [0, 0.05) is 31.0 Å². The average Bonchev–Trinajstić information content (AvgIpc) is 2.91. The standard InChI is InChI=1S/C14H23ClN2O2S/c1-3-12-7-5-6-8-17(12)20(18,19)14-9-13(10-15)16(4-2)11-14/h9,11-12H,3-8,10H2,1-2H3. The molecule has 0 amide bonds. The van der Waals surface area contributed by atoms with E-state index in [1.807, 2.05) is 11.5 Å². The molecule has 0 aliphatic carbocycles. The molecule has 4 nitrogen and oxygen atoms in total. The van der Waals surface area contributed by atoms with Crippen LogP contribution in [0.1, 0.15) is 45.2 Å². The number of hydrogen-bond acceptors (Lipinski definition) is 2. The zero-order valence-electron chi connectivity index (χ0n) is 12.2. The second-order valence-electron chi connectivity index (χ2n) is 5.26. The van der Waals surface area contributed by atoms with Gasteiger partial charge < -0.3 is 4.57 Å². The van der Waals surface area contributed by atoms with Crippen molar-refractivity contribution in [3.63, 3.8) is 0 Å². The molecule has 1 aliphatic heterocycles. The van der Waals surface area contributed by atoms with E-state index in [1.54, 1.807) is 16.6 Å². The summed E-state index contributed by atoms with van der Waals surface area (Å²) in [5.41, 5.74) is 0.859. The molecular weight excluding hydrogens is 296 g/mol. The molecule has 6 heteroatoms. The Morgan fingerprint density at radius 3 is 2.65 bits per heavy atom. The number of aryl methyl sites for hydroxylation is 1. The van der Waals surface area contributed by atoms with E-state index in [0.29, 0.717) is 17.3 Å². The molecule has 1 aromatic heterocycles. The lowest BCUT2D eigenvalue weighted by molar-refractivity contribution is 0.246. The Balaban J connectivity index is 2.36. The topological polar surface area (TPSA) is 42.3 Å². The first kappa shape index (κ1) is 15.9. The zero-order valence-corrected chi connectivity index (χ0v) is 13.8. The molecule has 0 bridgehead atoms. The van der Waals surface area contributed by atoms with Crippen molar-refractivity contribution in [3.05, 3.63) is 18.0 Å². The number of rotatable bonds is 5. The fourth-order valence-electron chi connectivity index (χ4n) is 2.91. The molecule has 114 valence electrons. The van der Waals surface area contributed by atoms with Crippen molar-refractivity contribution in [3.8, 4) is 0 Å². The fourth-order valence-corrected chi connectivity index (χ4v) is 4.97. The molecule has 0 radical (unpaired) electrons. The molecule has 0 saturated carbocycles. The molecule has 2 rings (SSSR count). The molecule has 1 atom stereocenters. The SMILES string of the molecule is CCC1CCCCN1S(=O)(=O)c1cc(CCl)n(CC)c1. The van der Waals surface area contributed by atoms with Gasteiger partial charge in [-0.25, -0.2) is 8.42 Å². The Morgan fingerprint density at radius 1 is 1.35 bits per heavy atom. The first-order valence-corrected chi connectivity index (χ1v) is 9.28. The maximum absolute atomic E-state index is 12.8. The van der Waals surface area contributed by atoms with E-state index in [2.05, 4.69) is 6.92 Å². The van der Waals surface area contributed by atoms with Crippen LogP contribution in [-0.4, -0.2) is 29.9 Å². The molecule has 0 spiro atoms. The van der Waals surface area contributed by atoms with Gasteiger partial charge in [0.05, 0.1) is 5.88 Å². The van der Waals surface area contributed by atoms with Crippen molar-refractivity contribution in [2.24, 2.45) is 0 Å². The highest BCUT2D eigenvalue weighted by Crippen LogP contribution is 2.28. The van der Waals surface area contributed by atoms with Gasteiger partial charge in [-0.15, -0.1) is 11.6 Å². The molecule has 1 fully saturated rings. The largest absolute Gasteiger partial charge is 0.349 e. The van der Waals surface area contributed by atoms with Crippen LogP contribution < -0.4 is 0 Å². The van der Waals surface area contributed by atoms with Gasteiger partial charge in [-0.2, -0.15) is 4.31 Å². The van der Waals surface area contributed by atoms with Crippen molar-refractivity contribution in [1.82, 2.24) is 8.87 Å². The van der Waals surface area contributed by atoms with E-state index in [-0.39, 0.29) is 6.04 Å². The summed E-state index contributed by atoms with van der Waals surface area (Å²) >= 11 is 5.89. The van der Waals surface area contributed by atoms with E-state index in [0.717, 1.165) is 37.9 Å². The Hall–Kier alpha value is -0.520. The van der Waals surface area contributed by atoms with Gasteiger partial charge in [-0.3, -0.25) is 0 Å². The van der Waals surface area contributed by atoms with Crippen molar-refractivity contribution in [2.75, 3.05) is 6.54 Å². The van der Waals surface area contributed by atoms with Crippen LogP contribution in [0.25, 0.3) is 0 Å². The molecule has 0 N–H and O–H groups in total. The van der Waals surface area contributed by atoms with E-state index in [9.17, 15) is 8.42 Å². The lowest BCUT2D eigenvalue weighted by Crippen LogP contribution is -2.43. The van der Waals surface area contributed by atoms with Crippen LogP contribution in [0.4, 0.5) is 0 Å². The van der Waals surface area contributed by atoms with E-state index in [4.69, 9.17) is 11.6 Å². The highest BCUT2D eigenvalue weighted by atomic mass is 35.5. The van der Waals surface area contributed by atoms with Crippen molar-refractivity contribution in [1.29, 1.82) is 0 Å². The minimum atomic E-state index is -3.39. The monoisotopic (exact) mass is 318 g/mol.